The first-order valence-electron chi connectivity index (χ1n) is 10.1. The summed E-state index contributed by atoms with van der Waals surface area (Å²) < 4.78 is 11.8. The average molecular weight is 502 g/mol. The maximum absolute atomic E-state index is 13.2. The predicted molar refractivity (Wildman–Crippen MR) is 128 cm³/mol. The molecule has 0 aliphatic rings. The summed E-state index contributed by atoms with van der Waals surface area (Å²) in [5.74, 6) is 1.07. The van der Waals surface area contributed by atoms with E-state index in [4.69, 9.17) is 21.4 Å². The molecule has 1 atom stereocenters. The summed E-state index contributed by atoms with van der Waals surface area (Å²) in [6.45, 7) is -0.894. The predicted octanol–water partition coefficient (Wildman–Crippen LogP) is 2.45. The minimum Gasteiger partial charge on any atom is -0.438 e. The molecule has 12 heteroatoms. The van der Waals surface area contributed by atoms with Gasteiger partial charge in [-0.3, -0.25) is 4.57 Å². The SMILES string of the molecule is O=c1nc(Nc2ccc(Oc3ccsn3)cc2)n(Cc2ccc(Cl)cc2)c(=O)n1CC(O)CO. The van der Waals surface area contributed by atoms with Gasteiger partial charge in [0.2, 0.25) is 11.8 Å². The average Bonchev–Trinajstić information content (AvgIpc) is 3.34. The first-order valence-corrected chi connectivity index (χ1v) is 11.3. The molecule has 3 N–H and O–H groups in total. The zero-order valence-corrected chi connectivity index (χ0v) is 19.2. The molecule has 34 heavy (non-hydrogen) atoms. The molecule has 0 amide bonds. The Balaban J connectivity index is 1.66. The van der Waals surface area contributed by atoms with Crippen molar-refractivity contribution in [3.63, 3.8) is 0 Å². The second-order valence-electron chi connectivity index (χ2n) is 7.25. The van der Waals surface area contributed by atoms with E-state index in [-0.39, 0.29) is 19.0 Å². The summed E-state index contributed by atoms with van der Waals surface area (Å²) in [5, 5.41) is 24.2. The van der Waals surface area contributed by atoms with E-state index in [2.05, 4.69) is 14.7 Å². The standard InChI is InChI=1S/C22H20ClN5O5S/c23-15-3-1-14(2-4-15)11-27-20(25-21(31)28(22(27)32)12-17(30)13-29)24-16-5-7-18(8-6-16)33-19-9-10-34-26-19/h1-10,17,29-30H,11-13H2,(H,24,25,31). The molecule has 4 aromatic rings. The Hall–Kier alpha value is -3.51. The summed E-state index contributed by atoms with van der Waals surface area (Å²) in [7, 11) is 0. The topological polar surface area (TPSA) is 132 Å². The van der Waals surface area contributed by atoms with E-state index in [1.165, 1.54) is 16.1 Å². The van der Waals surface area contributed by atoms with Crippen molar-refractivity contribution in [1.82, 2.24) is 18.5 Å². The highest BCUT2D eigenvalue weighted by Crippen LogP contribution is 2.23. The smallest absolute Gasteiger partial charge is 0.355 e. The number of aliphatic hydroxyl groups excluding tert-OH is 2. The molecule has 176 valence electrons. The van der Waals surface area contributed by atoms with Gasteiger partial charge in [0, 0.05) is 22.2 Å². The van der Waals surface area contributed by atoms with E-state index >= 15 is 0 Å². The van der Waals surface area contributed by atoms with Gasteiger partial charge in [-0.1, -0.05) is 23.7 Å². The molecular weight excluding hydrogens is 482 g/mol. The zero-order valence-electron chi connectivity index (χ0n) is 17.7. The van der Waals surface area contributed by atoms with Crippen LogP contribution in [-0.4, -0.2) is 41.4 Å². The monoisotopic (exact) mass is 501 g/mol. The third kappa shape index (κ3) is 5.69. The van der Waals surface area contributed by atoms with Crippen LogP contribution in [0.2, 0.25) is 5.02 Å². The first-order chi connectivity index (χ1) is 16.4. The molecule has 10 nitrogen and oxygen atoms in total. The van der Waals surface area contributed by atoms with E-state index in [0.29, 0.717) is 22.3 Å². The van der Waals surface area contributed by atoms with Crippen LogP contribution in [0, 0.1) is 0 Å². The molecule has 0 bridgehead atoms. The molecule has 2 aromatic heterocycles. The van der Waals surface area contributed by atoms with Gasteiger partial charge >= 0.3 is 11.4 Å². The van der Waals surface area contributed by atoms with Crippen molar-refractivity contribution in [3.8, 4) is 11.6 Å². The van der Waals surface area contributed by atoms with Crippen molar-refractivity contribution in [1.29, 1.82) is 0 Å². The number of halogens is 1. The molecule has 0 radical (unpaired) electrons. The molecule has 4 rings (SSSR count). The highest BCUT2D eigenvalue weighted by atomic mass is 35.5. The van der Waals surface area contributed by atoms with Crippen LogP contribution in [0.5, 0.6) is 11.6 Å². The molecule has 2 aromatic carbocycles. The second kappa shape index (κ2) is 10.6. The van der Waals surface area contributed by atoms with Gasteiger partial charge in [0.1, 0.15) is 5.75 Å². The fourth-order valence-electron chi connectivity index (χ4n) is 3.07. The van der Waals surface area contributed by atoms with Gasteiger partial charge in [0.15, 0.2) is 0 Å². The Kier molecular flexibility index (Phi) is 7.38. The van der Waals surface area contributed by atoms with Gasteiger partial charge in [0.05, 0.1) is 25.8 Å². The van der Waals surface area contributed by atoms with Crippen LogP contribution in [-0.2, 0) is 13.1 Å². The lowest BCUT2D eigenvalue weighted by Gasteiger charge is -2.17. The molecule has 0 aliphatic heterocycles. The number of hydrogen-bond acceptors (Lipinski definition) is 9. The summed E-state index contributed by atoms with van der Waals surface area (Å²) in [6, 6.07) is 15.5. The number of anilines is 2. The maximum atomic E-state index is 13.2. The molecule has 0 fully saturated rings. The molecule has 0 saturated carbocycles. The quantitative estimate of drug-likeness (QED) is 0.319. The highest BCUT2D eigenvalue weighted by molar-refractivity contribution is 7.03. The number of nitrogens with zero attached hydrogens (tertiary/aromatic N) is 4. The van der Waals surface area contributed by atoms with Crippen molar-refractivity contribution in [2.75, 3.05) is 11.9 Å². The Labute approximate surface area is 202 Å². The molecule has 0 saturated heterocycles. The molecule has 0 spiro atoms. The lowest BCUT2D eigenvalue weighted by molar-refractivity contribution is 0.0785. The number of hydrogen-bond donors (Lipinski definition) is 3. The molecular formula is C22H20ClN5O5S. The number of benzene rings is 2. The van der Waals surface area contributed by atoms with Crippen LogP contribution in [0.15, 0.2) is 69.6 Å². The maximum Gasteiger partial charge on any atom is 0.355 e. The second-order valence-corrected chi connectivity index (χ2v) is 8.35. The van der Waals surface area contributed by atoms with Crippen LogP contribution < -0.4 is 21.4 Å². The normalized spacial score (nSPS) is 11.9. The summed E-state index contributed by atoms with van der Waals surface area (Å²) >= 11 is 7.24. The Bertz CT molecular complexity index is 1350. The van der Waals surface area contributed by atoms with Crippen LogP contribution in [0.1, 0.15) is 5.56 Å². The van der Waals surface area contributed by atoms with E-state index in [9.17, 15) is 14.7 Å². The zero-order chi connectivity index (χ0) is 24.1. The summed E-state index contributed by atoms with van der Waals surface area (Å²) in [6.07, 6.45) is -1.28. The van der Waals surface area contributed by atoms with Crippen molar-refractivity contribution < 1.29 is 14.9 Å². The van der Waals surface area contributed by atoms with Crippen LogP contribution in [0.4, 0.5) is 11.6 Å². The number of ether oxygens (including phenoxy) is 1. The number of nitrogens with one attached hydrogen (secondary N) is 1. The van der Waals surface area contributed by atoms with Gasteiger partial charge < -0.3 is 20.3 Å². The fraction of sp³-hybridized carbons (Fsp3) is 0.182. The third-order valence-electron chi connectivity index (χ3n) is 4.75. The lowest BCUT2D eigenvalue weighted by atomic mass is 10.2. The molecule has 0 aliphatic carbocycles. The van der Waals surface area contributed by atoms with E-state index in [0.717, 1.165) is 10.1 Å². The highest BCUT2D eigenvalue weighted by Gasteiger charge is 2.16. The van der Waals surface area contributed by atoms with Crippen molar-refractivity contribution in [2.24, 2.45) is 0 Å². The number of rotatable bonds is 9. The Morgan fingerprint density at radius 3 is 2.44 bits per heavy atom. The number of aliphatic hydroxyl groups is 2. The summed E-state index contributed by atoms with van der Waals surface area (Å²) in [5.41, 5.74) is -0.226. The van der Waals surface area contributed by atoms with Gasteiger partial charge in [-0.2, -0.15) is 9.36 Å². The first kappa shape index (κ1) is 23.6. The van der Waals surface area contributed by atoms with Gasteiger partial charge in [-0.15, -0.1) is 0 Å². The van der Waals surface area contributed by atoms with Crippen molar-refractivity contribution in [3.05, 3.63) is 91.5 Å². The van der Waals surface area contributed by atoms with Gasteiger partial charge in [-0.25, -0.2) is 14.2 Å². The molecule has 1 unspecified atom stereocenters. The minimum atomic E-state index is -1.28. The van der Waals surface area contributed by atoms with Crippen LogP contribution in [0.25, 0.3) is 0 Å². The van der Waals surface area contributed by atoms with Gasteiger partial charge in [-0.05, 0) is 53.5 Å². The minimum absolute atomic E-state index is 0.0212. The van der Waals surface area contributed by atoms with E-state index in [1.807, 2.05) is 0 Å². The van der Waals surface area contributed by atoms with Gasteiger partial charge in [0.25, 0.3) is 0 Å². The Morgan fingerprint density at radius 2 is 1.79 bits per heavy atom. The van der Waals surface area contributed by atoms with Crippen molar-refractivity contribution >= 4 is 34.8 Å². The van der Waals surface area contributed by atoms with E-state index in [1.54, 1.807) is 60.0 Å². The number of aromatic nitrogens is 4. The van der Waals surface area contributed by atoms with Crippen LogP contribution >= 0.6 is 23.1 Å². The lowest BCUT2D eigenvalue weighted by Crippen LogP contribution is -2.45. The van der Waals surface area contributed by atoms with Crippen molar-refractivity contribution in [2.45, 2.75) is 19.2 Å². The van der Waals surface area contributed by atoms with E-state index < -0.39 is 24.1 Å². The Morgan fingerprint density at radius 1 is 1.06 bits per heavy atom. The largest absolute Gasteiger partial charge is 0.438 e. The summed E-state index contributed by atoms with van der Waals surface area (Å²) in [4.78, 5) is 29.7. The molecule has 2 heterocycles. The van der Waals surface area contributed by atoms with Crippen LogP contribution in [0.3, 0.4) is 0 Å². The fourth-order valence-corrected chi connectivity index (χ4v) is 3.64. The third-order valence-corrected chi connectivity index (χ3v) is 5.55.